The lowest BCUT2D eigenvalue weighted by Gasteiger charge is -2.34. The quantitative estimate of drug-likeness (QED) is 0.240. The third kappa shape index (κ3) is 5.83. The largest absolute Gasteiger partial charge is 0.508 e. The monoisotopic (exact) mass is 571 g/mol. The van der Waals surface area contributed by atoms with Crippen molar-refractivity contribution in [2.24, 2.45) is 17.8 Å². The highest BCUT2D eigenvalue weighted by molar-refractivity contribution is 7.92. The van der Waals surface area contributed by atoms with Crippen LogP contribution in [0.3, 0.4) is 0 Å². The Morgan fingerprint density at radius 3 is 2.29 bits per heavy atom. The van der Waals surface area contributed by atoms with E-state index in [0.29, 0.717) is 37.8 Å². The maximum atomic E-state index is 13.7. The summed E-state index contributed by atoms with van der Waals surface area (Å²) >= 11 is 6.26. The molecule has 12 heteroatoms. The van der Waals surface area contributed by atoms with Crippen molar-refractivity contribution in [3.8, 4) is 0 Å². The number of halogens is 4. The average molecular weight is 572 g/mol. The first-order valence-corrected chi connectivity index (χ1v) is 13.8. The first kappa shape index (κ1) is 28.0. The van der Waals surface area contributed by atoms with Gasteiger partial charge in [0.1, 0.15) is 6.61 Å². The zero-order chi connectivity index (χ0) is 27.6. The molecule has 0 aromatic heterocycles. The highest BCUT2D eigenvalue weighted by Crippen LogP contribution is 2.50. The predicted molar refractivity (Wildman–Crippen MR) is 133 cm³/mol. The second kappa shape index (κ2) is 11.4. The van der Waals surface area contributed by atoms with Gasteiger partial charge in [0, 0.05) is 23.4 Å². The van der Waals surface area contributed by atoms with Crippen molar-refractivity contribution in [2.45, 2.75) is 35.8 Å². The van der Waals surface area contributed by atoms with Crippen molar-refractivity contribution in [2.75, 3.05) is 18.5 Å². The molecule has 2 aliphatic rings. The summed E-state index contributed by atoms with van der Waals surface area (Å²) in [5.74, 6) is -5.87. The van der Waals surface area contributed by atoms with Gasteiger partial charge in [0.15, 0.2) is 27.3 Å². The summed E-state index contributed by atoms with van der Waals surface area (Å²) in [6, 6.07) is 4.91. The van der Waals surface area contributed by atoms with E-state index in [2.05, 4.69) is 11.9 Å². The van der Waals surface area contributed by atoms with E-state index in [4.69, 9.17) is 21.1 Å². The van der Waals surface area contributed by atoms with Crippen LogP contribution in [-0.4, -0.2) is 38.9 Å². The zero-order valence-electron chi connectivity index (χ0n) is 20.1. The molecule has 2 aromatic rings. The molecule has 204 valence electrons. The number of carbonyl (C=O) groups excluding carboxylic acids is 2. The van der Waals surface area contributed by atoms with Crippen molar-refractivity contribution in [3.63, 3.8) is 0 Å². The van der Waals surface area contributed by atoms with E-state index in [9.17, 15) is 31.2 Å². The van der Waals surface area contributed by atoms with Crippen LogP contribution in [0.5, 0.6) is 0 Å². The molecular weight excluding hydrogens is 547 g/mol. The van der Waals surface area contributed by atoms with Crippen molar-refractivity contribution in [1.29, 1.82) is 0 Å². The van der Waals surface area contributed by atoms with Crippen LogP contribution >= 0.6 is 11.6 Å². The molecule has 2 fully saturated rings. The SMILES string of the molecule is C=CCOC(=O)OCC1CC2CC[C@@H](C1)C2S(=O)(=O)c1cc(C(=O)Nc2cc(F)c(F)c(F)c2)ccc1Cl. The molecule has 1 amide bonds. The average Bonchev–Trinajstić information content (AvgIpc) is 3.16. The van der Waals surface area contributed by atoms with E-state index in [1.54, 1.807) is 0 Å². The van der Waals surface area contributed by atoms with Crippen LogP contribution in [0.15, 0.2) is 47.9 Å². The molecule has 38 heavy (non-hydrogen) atoms. The summed E-state index contributed by atoms with van der Waals surface area (Å²) in [5, 5.41) is 1.46. The lowest BCUT2D eigenvalue weighted by molar-refractivity contribution is 0.0418. The Kier molecular flexibility index (Phi) is 8.37. The van der Waals surface area contributed by atoms with E-state index in [1.165, 1.54) is 18.2 Å². The maximum absolute atomic E-state index is 13.7. The number of anilines is 1. The van der Waals surface area contributed by atoms with Crippen LogP contribution in [0.1, 0.15) is 36.0 Å². The smallest absolute Gasteiger partial charge is 0.434 e. The van der Waals surface area contributed by atoms with Crippen LogP contribution in [-0.2, 0) is 19.3 Å². The summed E-state index contributed by atoms with van der Waals surface area (Å²) in [4.78, 5) is 24.1. The van der Waals surface area contributed by atoms with Gasteiger partial charge in [-0.1, -0.05) is 24.3 Å². The fourth-order valence-electron chi connectivity index (χ4n) is 5.44. The number of nitrogens with one attached hydrogen (secondary N) is 1. The molecule has 4 rings (SSSR count). The van der Waals surface area contributed by atoms with Crippen LogP contribution < -0.4 is 5.32 Å². The first-order valence-electron chi connectivity index (χ1n) is 11.9. The number of carbonyl (C=O) groups is 2. The Morgan fingerprint density at radius 2 is 1.68 bits per heavy atom. The van der Waals surface area contributed by atoms with Crippen LogP contribution in [0.4, 0.5) is 23.7 Å². The molecule has 0 spiro atoms. The molecule has 0 radical (unpaired) electrons. The minimum Gasteiger partial charge on any atom is -0.434 e. The van der Waals surface area contributed by atoms with Gasteiger partial charge in [-0.15, -0.1) is 0 Å². The molecule has 0 saturated heterocycles. The van der Waals surface area contributed by atoms with E-state index in [0.717, 1.165) is 6.07 Å². The lowest BCUT2D eigenvalue weighted by atomic mass is 9.81. The number of amides is 1. The molecule has 2 aromatic carbocycles. The second-order valence-electron chi connectivity index (χ2n) is 9.46. The topological polar surface area (TPSA) is 98.8 Å². The normalized spacial score (nSPS) is 22.5. The summed E-state index contributed by atoms with van der Waals surface area (Å²) in [5.41, 5.74) is -0.441. The molecule has 0 aliphatic heterocycles. The molecule has 7 nitrogen and oxygen atoms in total. The molecule has 2 saturated carbocycles. The minimum absolute atomic E-state index is 0.0145. The first-order chi connectivity index (χ1) is 18.0. The fraction of sp³-hybridized carbons (Fsp3) is 0.385. The number of hydrogen-bond donors (Lipinski definition) is 1. The Hall–Kier alpha value is -3.05. The van der Waals surface area contributed by atoms with E-state index in [1.807, 2.05) is 0 Å². The summed E-state index contributed by atoms with van der Waals surface area (Å²) in [7, 11) is -3.97. The number of fused-ring (bicyclic) bond motifs is 2. The molecular formula is C26H25ClF3NO6S. The predicted octanol–water partition coefficient (Wildman–Crippen LogP) is 5.93. The van der Waals surface area contributed by atoms with Crippen molar-refractivity contribution in [1.82, 2.24) is 0 Å². The number of ether oxygens (including phenoxy) is 2. The molecule has 2 aliphatic carbocycles. The van der Waals surface area contributed by atoms with E-state index in [-0.39, 0.29) is 52.1 Å². The van der Waals surface area contributed by atoms with Crippen molar-refractivity contribution < 1.29 is 40.7 Å². The Balaban J connectivity index is 1.49. The van der Waals surface area contributed by atoms with Gasteiger partial charge >= 0.3 is 6.16 Å². The van der Waals surface area contributed by atoms with E-state index < -0.39 is 44.6 Å². The molecule has 1 N–H and O–H groups in total. The summed E-state index contributed by atoms with van der Waals surface area (Å²) in [6.07, 6.45) is 3.06. The lowest BCUT2D eigenvalue weighted by Crippen LogP contribution is -2.38. The standard InChI is InChI=1S/C26H25ClF3NO6S/c1-2-7-36-26(33)37-13-14-8-15-3-4-16(9-14)24(15)38(34,35)22-10-17(5-6-19(22)27)25(32)31-18-11-20(28)23(30)21(29)12-18/h2,5-6,10-12,14-16,24H,1,3-4,7-9,13H2,(H,31,32)/t14?,15-,16?,24?/m0/s1. The van der Waals surface area contributed by atoms with Gasteiger partial charge in [0.2, 0.25) is 0 Å². The minimum atomic E-state index is -3.97. The van der Waals surface area contributed by atoms with Gasteiger partial charge in [-0.25, -0.2) is 26.4 Å². The molecule has 0 heterocycles. The molecule has 4 atom stereocenters. The van der Waals surface area contributed by atoms with Gasteiger partial charge in [0.05, 0.1) is 21.8 Å². The number of hydrogen-bond acceptors (Lipinski definition) is 6. The maximum Gasteiger partial charge on any atom is 0.508 e. The zero-order valence-corrected chi connectivity index (χ0v) is 21.7. The van der Waals surface area contributed by atoms with Gasteiger partial charge in [0.25, 0.3) is 5.91 Å². The highest BCUT2D eigenvalue weighted by Gasteiger charge is 2.50. The third-order valence-electron chi connectivity index (χ3n) is 6.97. The van der Waals surface area contributed by atoms with Crippen LogP contribution in [0.2, 0.25) is 5.02 Å². The van der Waals surface area contributed by atoms with E-state index >= 15 is 0 Å². The summed E-state index contributed by atoms with van der Waals surface area (Å²) in [6.45, 7) is 3.61. The second-order valence-corrected chi connectivity index (χ2v) is 11.9. The van der Waals surface area contributed by atoms with Crippen molar-refractivity contribution in [3.05, 3.63) is 71.0 Å². The molecule has 3 unspecified atom stereocenters. The number of sulfone groups is 1. The Bertz CT molecular complexity index is 1330. The van der Waals surface area contributed by atoms with Gasteiger partial charge in [-0.05, 0) is 61.6 Å². The molecule has 2 bridgehead atoms. The number of rotatable bonds is 8. The number of benzene rings is 2. The van der Waals surface area contributed by atoms with Crippen molar-refractivity contribution >= 4 is 39.2 Å². The van der Waals surface area contributed by atoms with Gasteiger partial charge < -0.3 is 14.8 Å². The van der Waals surface area contributed by atoms with Gasteiger partial charge in [-0.2, -0.15) is 0 Å². The highest BCUT2D eigenvalue weighted by atomic mass is 35.5. The third-order valence-corrected chi connectivity index (χ3v) is 9.84. The van der Waals surface area contributed by atoms with Gasteiger partial charge in [-0.3, -0.25) is 4.79 Å². The Morgan fingerprint density at radius 1 is 1.05 bits per heavy atom. The summed E-state index contributed by atoms with van der Waals surface area (Å²) < 4.78 is 77.7. The van der Waals surface area contributed by atoms with Crippen LogP contribution in [0.25, 0.3) is 0 Å². The Labute approximate surface area is 222 Å². The van der Waals surface area contributed by atoms with Crippen LogP contribution in [0, 0.1) is 35.2 Å². The fourth-order valence-corrected chi connectivity index (χ4v) is 8.31.